The van der Waals surface area contributed by atoms with Gasteiger partial charge in [0.05, 0.1) is 13.2 Å². The molecule has 23 heavy (non-hydrogen) atoms. The molecule has 0 saturated heterocycles. The molecule has 0 amide bonds. The highest BCUT2D eigenvalue weighted by atomic mass is 127. The molecular formula is C15H24F2IN3O2. The second-order valence-electron chi connectivity index (χ2n) is 4.55. The fraction of sp³-hybridized carbons (Fsp3) is 0.533. The molecule has 0 unspecified atom stereocenters. The van der Waals surface area contributed by atoms with Crippen molar-refractivity contribution in [2.24, 2.45) is 4.99 Å². The van der Waals surface area contributed by atoms with Crippen LogP contribution >= 0.6 is 24.0 Å². The second kappa shape index (κ2) is 13.4. The summed E-state index contributed by atoms with van der Waals surface area (Å²) in [5, 5.41) is 6.01. The Morgan fingerprint density at radius 3 is 2.65 bits per heavy atom. The van der Waals surface area contributed by atoms with Crippen LogP contribution in [0.2, 0.25) is 0 Å². The molecule has 0 spiro atoms. The Bertz CT molecular complexity index is 476. The smallest absolute Gasteiger partial charge is 0.191 e. The van der Waals surface area contributed by atoms with Crippen LogP contribution in [0.25, 0.3) is 0 Å². The number of benzene rings is 1. The average Bonchev–Trinajstić information content (AvgIpc) is 2.52. The first kappa shape index (κ1) is 22.0. The summed E-state index contributed by atoms with van der Waals surface area (Å²) >= 11 is 0. The number of nitrogens with one attached hydrogen (secondary N) is 2. The first-order valence-corrected chi connectivity index (χ1v) is 7.12. The molecule has 0 radical (unpaired) electrons. The Kier molecular flexibility index (Phi) is 12.9. The van der Waals surface area contributed by atoms with E-state index in [4.69, 9.17) is 9.47 Å². The van der Waals surface area contributed by atoms with Gasteiger partial charge in [-0.15, -0.1) is 24.0 Å². The van der Waals surface area contributed by atoms with Crippen molar-refractivity contribution in [3.05, 3.63) is 35.4 Å². The molecule has 1 aromatic carbocycles. The van der Waals surface area contributed by atoms with Crippen LogP contribution in [-0.4, -0.2) is 46.5 Å². The van der Waals surface area contributed by atoms with Crippen molar-refractivity contribution in [1.29, 1.82) is 0 Å². The number of methoxy groups -OCH3 is 1. The fourth-order valence-corrected chi connectivity index (χ4v) is 1.70. The summed E-state index contributed by atoms with van der Waals surface area (Å²) in [5.41, 5.74) is 0.255. The Hall–Kier alpha value is -1.00. The Balaban J connectivity index is 0.00000484. The molecule has 0 fully saturated rings. The quantitative estimate of drug-likeness (QED) is 0.266. The van der Waals surface area contributed by atoms with Crippen LogP contribution in [0.3, 0.4) is 0 Å². The van der Waals surface area contributed by atoms with E-state index in [0.717, 1.165) is 18.6 Å². The third kappa shape index (κ3) is 9.67. The fourth-order valence-electron chi connectivity index (χ4n) is 1.70. The lowest BCUT2D eigenvalue weighted by Gasteiger charge is -2.12. The molecule has 0 aliphatic carbocycles. The lowest BCUT2D eigenvalue weighted by Crippen LogP contribution is -2.37. The molecule has 0 atom stereocenters. The van der Waals surface area contributed by atoms with Crippen LogP contribution in [-0.2, 0) is 16.0 Å². The van der Waals surface area contributed by atoms with Crippen molar-refractivity contribution in [2.45, 2.75) is 13.0 Å². The van der Waals surface area contributed by atoms with Crippen LogP contribution in [0, 0.1) is 11.6 Å². The summed E-state index contributed by atoms with van der Waals surface area (Å²) in [6.07, 6.45) is 0.804. The van der Waals surface area contributed by atoms with Crippen molar-refractivity contribution in [2.75, 3.05) is 40.5 Å². The van der Waals surface area contributed by atoms with E-state index in [9.17, 15) is 8.78 Å². The molecule has 132 valence electrons. The first-order chi connectivity index (χ1) is 10.7. The van der Waals surface area contributed by atoms with Gasteiger partial charge in [-0.25, -0.2) is 8.78 Å². The van der Waals surface area contributed by atoms with Gasteiger partial charge >= 0.3 is 0 Å². The van der Waals surface area contributed by atoms with E-state index in [1.807, 2.05) is 0 Å². The summed E-state index contributed by atoms with van der Waals surface area (Å²) in [6, 6.07) is 3.37. The molecule has 0 bridgehead atoms. The van der Waals surface area contributed by atoms with Crippen molar-refractivity contribution in [3.8, 4) is 0 Å². The summed E-state index contributed by atoms with van der Waals surface area (Å²) in [7, 11) is 3.24. The molecule has 0 aliphatic rings. The van der Waals surface area contributed by atoms with Crippen LogP contribution in [0.15, 0.2) is 23.2 Å². The molecule has 0 aromatic heterocycles. The molecule has 2 N–H and O–H groups in total. The number of aliphatic imine (C=N–C) groups is 1. The SMILES string of the molecule is CN=C(NCCCOCCOC)NCc1cc(F)ccc1F.I. The number of ether oxygens (including phenoxy) is 2. The third-order valence-corrected chi connectivity index (χ3v) is 2.87. The van der Waals surface area contributed by atoms with E-state index in [0.29, 0.717) is 32.3 Å². The number of hydrogen-bond acceptors (Lipinski definition) is 3. The summed E-state index contributed by atoms with van der Waals surface area (Å²) in [4.78, 5) is 4.02. The molecular weight excluding hydrogens is 419 g/mol. The zero-order chi connectivity index (χ0) is 16.2. The first-order valence-electron chi connectivity index (χ1n) is 7.12. The minimum absolute atomic E-state index is 0. The van der Waals surface area contributed by atoms with Gasteiger partial charge in [0, 0.05) is 39.4 Å². The number of halogens is 3. The minimum atomic E-state index is -0.464. The monoisotopic (exact) mass is 443 g/mol. The van der Waals surface area contributed by atoms with Gasteiger partial charge in [-0.2, -0.15) is 0 Å². The number of hydrogen-bond donors (Lipinski definition) is 2. The van der Waals surface area contributed by atoms with Gasteiger partial charge in [-0.05, 0) is 24.6 Å². The molecule has 5 nitrogen and oxygen atoms in total. The lowest BCUT2D eigenvalue weighted by atomic mass is 10.2. The zero-order valence-electron chi connectivity index (χ0n) is 13.4. The van der Waals surface area contributed by atoms with Gasteiger partial charge in [0.25, 0.3) is 0 Å². The second-order valence-corrected chi connectivity index (χ2v) is 4.55. The molecule has 1 aromatic rings. The zero-order valence-corrected chi connectivity index (χ0v) is 15.7. The van der Waals surface area contributed by atoms with Crippen molar-refractivity contribution in [3.63, 3.8) is 0 Å². The minimum Gasteiger partial charge on any atom is -0.382 e. The van der Waals surface area contributed by atoms with Gasteiger partial charge < -0.3 is 20.1 Å². The summed E-state index contributed by atoms with van der Waals surface area (Å²) in [5.74, 6) is -0.384. The van der Waals surface area contributed by atoms with E-state index in [-0.39, 0.29) is 36.1 Å². The van der Waals surface area contributed by atoms with Gasteiger partial charge in [0.15, 0.2) is 5.96 Å². The van der Waals surface area contributed by atoms with Gasteiger partial charge in [0.1, 0.15) is 11.6 Å². The number of rotatable bonds is 9. The van der Waals surface area contributed by atoms with Crippen LogP contribution in [0.4, 0.5) is 8.78 Å². The van der Waals surface area contributed by atoms with E-state index >= 15 is 0 Å². The van der Waals surface area contributed by atoms with E-state index in [1.54, 1.807) is 14.2 Å². The van der Waals surface area contributed by atoms with E-state index in [2.05, 4.69) is 15.6 Å². The molecule has 8 heteroatoms. The topological polar surface area (TPSA) is 54.9 Å². The maximum Gasteiger partial charge on any atom is 0.191 e. The van der Waals surface area contributed by atoms with Crippen molar-refractivity contribution >= 4 is 29.9 Å². The van der Waals surface area contributed by atoms with Crippen LogP contribution in [0.5, 0.6) is 0 Å². The summed E-state index contributed by atoms with van der Waals surface area (Å²) < 4.78 is 36.8. The van der Waals surface area contributed by atoms with E-state index < -0.39 is 11.6 Å². The number of guanidine groups is 1. The third-order valence-electron chi connectivity index (χ3n) is 2.87. The largest absolute Gasteiger partial charge is 0.382 e. The molecule has 1 rings (SSSR count). The Morgan fingerprint density at radius 2 is 1.96 bits per heavy atom. The predicted octanol–water partition coefficient (Wildman–Crippen LogP) is 2.30. The average molecular weight is 443 g/mol. The maximum atomic E-state index is 13.5. The predicted molar refractivity (Wildman–Crippen MR) is 97.3 cm³/mol. The Labute approximate surface area is 152 Å². The van der Waals surface area contributed by atoms with E-state index in [1.165, 1.54) is 6.07 Å². The van der Waals surface area contributed by atoms with Gasteiger partial charge in [0.2, 0.25) is 0 Å². The van der Waals surface area contributed by atoms with Crippen molar-refractivity contribution < 1.29 is 18.3 Å². The molecule has 0 aliphatic heterocycles. The highest BCUT2D eigenvalue weighted by molar-refractivity contribution is 14.0. The molecule has 0 saturated carbocycles. The molecule has 0 heterocycles. The van der Waals surface area contributed by atoms with Gasteiger partial charge in [-0.1, -0.05) is 0 Å². The normalized spacial score (nSPS) is 11.0. The standard InChI is InChI=1S/C15H23F2N3O2.HI/c1-18-15(19-6-3-7-22-9-8-21-2)20-11-12-10-13(16)4-5-14(12)17;/h4-5,10H,3,6-9,11H2,1-2H3,(H2,18,19,20);1H. The Morgan fingerprint density at radius 1 is 1.17 bits per heavy atom. The lowest BCUT2D eigenvalue weighted by molar-refractivity contribution is 0.0698. The van der Waals surface area contributed by atoms with Crippen molar-refractivity contribution in [1.82, 2.24) is 10.6 Å². The highest BCUT2D eigenvalue weighted by Gasteiger charge is 2.05. The van der Waals surface area contributed by atoms with Crippen LogP contribution in [0.1, 0.15) is 12.0 Å². The maximum absolute atomic E-state index is 13.5. The van der Waals surface area contributed by atoms with Gasteiger partial charge in [-0.3, -0.25) is 4.99 Å². The van der Waals surface area contributed by atoms with Crippen LogP contribution < -0.4 is 10.6 Å². The highest BCUT2D eigenvalue weighted by Crippen LogP contribution is 2.08. The number of nitrogens with zero attached hydrogens (tertiary/aromatic N) is 1. The summed E-state index contributed by atoms with van der Waals surface area (Å²) in [6.45, 7) is 2.59.